The van der Waals surface area contributed by atoms with Crippen LogP contribution in [-0.4, -0.2) is 17.1 Å². The van der Waals surface area contributed by atoms with Crippen molar-refractivity contribution in [2.45, 2.75) is 24.9 Å². The highest BCUT2D eigenvalue weighted by molar-refractivity contribution is 9.10. The average Bonchev–Trinajstić information content (AvgIpc) is 2.53. The fraction of sp³-hybridized carbons (Fsp3) is 0.222. The summed E-state index contributed by atoms with van der Waals surface area (Å²) in [5, 5.41) is 5.40. The van der Waals surface area contributed by atoms with E-state index >= 15 is 0 Å². The number of hydrogen-bond donors (Lipinski definition) is 2. The molecular weight excluding hydrogens is 388 g/mol. The minimum atomic E-state index is -0.182. The van der Waals surface area contributed by atoms with E-state index < -0.39 is 0 Å². The van der Waals surface area contributed by atoms with Gasteiger partial charge >= 0.3 is 0 Å². The topological polar surface area (TPSA) is 58.2 Å². The zero-order valence-corrected chi connectivity index (χ0v) is 15.9. The number of amides is 2. The van der Waals surface area contributed by atoms with E-state index in [0.717, 1.165) is 10.2 Å². The number of nitrogens with one attached hydrogen (secondary N) is 2. The van der Waals surface area contributed by atoms with Gasteiger partial charge in [0.15, 0.2) is 0 Å². The molecular formula is C18H19BrN2O2S. The van der Waals surface area contributed by atoms with Crippen LogP contribution in [-0.2, 0) is 15.3 Å². The van der Waals surface area contributed by atoms with Crippen LogP contribution in [0.5, 0.6) is 0 Å². The minimum absolute atomic E-state index is 0.0583. The zero-order valence-electron chi connectivity index (χ0n) is 13.5. The van der Waals surface area contributed by atoms with E-state index in [1.165, 1.54) is 12.5 Å². The molecule has 1 atom stereocenters. The van der Waals surface area contributed by atoms with E-state index in [0.29, 0.717) is 11.4 Å². The summed E-state index contributed by atoms with van der Waals surface area (Å²) in [6, 6.07) is 15.2. The van der Waals surface area contributed by atoms with Gasteiger partial charge in [-0.2, -0.15) is 0 Å². The molecule has 0 aliphatic rings. The van der Waals surface area contributed by atoms with Crippen molar-refractivity contribution >= 4 is 50.9 Å². The molecule has 0 aliphatic carbocycles. The number of benzene rings is 2. The second kappa shape index (κ2) is 8.89. The summed E-state index contributed by atoms with van der Waals surface area (Å²) >= 11 is 4.99. The van der Waals surface area contributed by atoms with Crippen LogP contribution in [0.4, 0.5) is 11.4 Å². The molecule has 0 saturated heterocycles. The predicted molar refractivity (Wildman–Crippen MR) is 104 cm³/mol. The Labute approximate surface area is 154 Å². The summed E-state index contributed by atoms with van der Waals surface area (Å²) in [4.78, 5) is 23.4. The van der Waals surface area contributed by atoms with Gasteiger partial charge in [-0.15, -0.1) is 11.8 Å². The monoisotopic (exact) mass is 406 g/mol. The molecule has 1 unspecified atom stereocenters. The van der Waals surface area contributed by atoms with Gasteiger partial charge in [-0.3, -0.25) is 9.59 Å². The average molecular weight is 407 g/mol. The fourth-order valence-electron chi connectivity index (χ4n) is 2.00. The van der Waals surface area contributed by atoms with Crippen molar-refractivity contribution < 1.29 is 9.59 Å². The highest BCUT2D eigenvalue weighted by Crippen LogP contribution is 2.21. The molecule has 2 aromatic rings. The first-order chi connectivity index (χ1) is 11.4. The van der Waals surface area contributed by atoms with Crippen LogP contribution in [0, 0.1) is 0 Å². The second-order valence-corrected chi connectivity index (χ2v) is 7.58. The molecule has 0 spiro atoms. The van der Waals surface area contributed by atoms with Crippen LogP contribution in [0.25, 0.3) is 0 Å². The van der Waals surface area contributed by atoms with Crippen LogP contribution in [0.1, 0.15) is 19.4 Å². The van der Waals surface area contributed by atoms with Crippen molar-refractivity contribution in [3.63, 3.8) is 0 Å². The Balaban J connectivity index is 1.89. The van der Waals surface area contributed by atoms with Crippen molar-refractivity contribution in [3.8, 4) is 0 Å². The molecule has 2 rings (SSSR count). The molecule has 0 heterocycles. The van der Waals surface area contributed by atoms with Gasteiger partial charge in [0.1, 0.15) is 0 Å². The Hall–Kier alpha value is -1.79. The first-order valence-corrected chi connectivity index (χ1v) is 9.33. The van der Waals surface area contributed by atoms with Crippen LogP contribution >= 0.6 is 27.7 Å². The Morgan fingerprint density at radius 1 is 1.08 bits per heavy atom. The smallest absolute Gasteiger partial charge is 0.237 e. The number of carbonyl (C=O) groups excluding carboxylic acids is 2. The van der Waals surface area contributed by atoms with Crippen LogP contribution in [0.15, 0.2) is 53.0 Å². The number of hydrogen-bond acceptors (Lipinski definition) is 3. The number of halogens is 1. The molecule has 2 amide bonds. The van der Waals surface area contributed by atoms with Crippen LogP contribution in [0.2, 0.25) is 0 Å². The van der Waals surface area contributed by atoms with Crippen molar-refractivity contribution in [2.24, 2.45) is 0 Å². The van der Waals surface area contributed by atoms with E-state index in [1.54, 1.807) is 36.0 Å². The van der Waals surface area contributed by atoms with Gasteiger partial charge in [-0.1, -0.05) is 34.1 Å². The maximum Gasteiger partial charge on any atom is 0.237 e. The Morgan fingerprint density at radius 3 is 2.33 bits per heavy atom. The second-order valence-electron chi connectivity index (χ2n) is 5.33. The Bertz CT molecular complexity index is 719. The molecule has 0 bridgehead atoms. The van der Waals surface area contributed by atoms with Gasteiger partial charge in [0.2, 0.25) is 11.8 Å². The molecule has 2 N–H and O–H groups in total. The summed E-state index contributed by atoms with van der Waals surface area (Å²) in [6.45, 7) is 3.34. The summed E-state index contributed by atoms with van der Waals surface area (Å²) in [5.41, 5.74) is 2.51. The maximum absolute atomic E-state index is 12.3. The van der Waals surface area contributed by atoms with Crippen LogP contribution in [0.3, 0.4) is 0 Å². The Morgan fingerprint density at radius 2 is 1.71 bits per heavy atom. The number of anilines is 2. The lowest BCUT2D eigenvalue weighted by atomic mass is 10.2. The minimum Gasteiger partial charge on any atom is -0.326 e. The molecule has 0 aromatic heterocycles. The van der Waals surface area contributed by atoms with Crippen molar-refractivity contribution in [1.29, 1.82) is 0 Å². The first-order valence-electron chi connectivity index (χ1n) is 7.48. The third-order valence-electron chi connectivity index (χ3n) is 3.23. The molecule has 6 heteroatoms. The SMILES string of the molecule is CC(=O)Nc1cccc(NC(=O)C(C)SCc2ccc(Br)cc2)c1. The standard InChI is InChI=1S/C18H19BrN2O2S/c1-12(24-11-14-6-8-15(19)9-7-14)18(23)21-17-5-3-4-16(10-17)20-13(2)22/h3-10,12H,11H2,1-2H3,(H,20,22)(H,21,23). The van der Waals surface area contributed by atoms with Gasteiger partial charge < -0.3 is 10.6 Å². The van der Waals surface area contributed by atoms with Gasteiger partial charge in [-0.25, -0.2) is 0 Å². The molecule has 0 saturated carbocycles. The van der Waals surface area contributed by atoms with Gasteiger partial charge in [-0.05, 0) is 42.8 Å². The predicted octanol–water partition coefficient (Wildman–Crippen LogP) is 4.67. The van der Waals surface area contributed by atoms with Crippen LogP contribution < -0.4 is 10.6 Å². The molecule has 4 nitrogen and oxygen atoms in total. The lowest BCUT2D eigenvalue weighted by Crippen LogP contribution is -2.22. The number of thioether (sulfide) groups is 1. The van der Waals surface area contributed by atoms with Crippen molar-refractivity contribution in [3.05, 3.63) is 58.6 Å². The summed E-state index contributed by atoms with van der Waals surface area (Å²) in [5.74, 6) is 0.572. The van der Waals surface area contributed by atoms with Crippen molar-refractivity contribution in [1.82, 2.24) is 0 Å². The van der Waals surface area contributed by atoms with Gasteiger partial charge in [0.05, 0.1) is 5.25 Å². The molecule has 0 aliphatic heterocycles. The van der Waals surface area contributed by atoms with Gasteiger partial charge in [0.25, 0.3) is 0 Å². The van der Waals surface area contributed by atoms with E-state index in [9.17, 15) is 9.59 Å². The van der Waals surface area contributed by atoms with Crippen molar-refractivity contribution in [2.75, 3.05) is 10.6 Å². The normalized spacial score (nSPS) is 11.6. The fourth-order valence-corrected chi connectivity index (χ4v) is 3.11. The van der Waals surface area contributed by atoms with E-state index in [2.05, 4.69) is 26.6 Å². The number of rotatable bonds is 6. The third kappa shape index (κ3) is 6.02. The maximum atomic E-state index is 12.3. The molecule has 24 heavy (non-hydrogen) atoms. The molecule has 0 radical (unpaired) electrons. The summed E-state index contributed by atoms with van der Waals surface area (Å²) in [6.07, 6.45) is 0. The lowest BCUT2D eigenvalue weighted by molar-refractivity contribution is -0.115. The molecule has 0 fully saturated rings. The van der Waals surface area contributed by atoms with E-state index in [4.69, 9.17) is 0 Å². The first kappa shape index (κ1) is 18.5. The lowest BCUT2D eigenvalue weighted by Gasteiger charge is -2.13. The largest absolute Gasteiger partial charge is 0.326 e. The van der Waals surface area contributed by atoms with Gasteiger partial charge in [0, 0.05) is 28.5 Å². The van der Waals surface area contributed by atoms with E-state index in [-0.39, 0.29) is 17.1 Å². The van der Waals surface area contributed by atoms with E-state index in [1.807, 2.05) is 31.2 Å². The number of carbonyl (C=O) groups is 2. The highest BCUT2D eigenvalue weighted by atomic mass is 79.9. The molecule has 126 valence electrons. The highest BCUT2D eigenvalue weighted by Gasteiger charge is 2.14. The Kier molecular flexibility index (Phi) is 6.87. The third-order valence-corrected chi connectivity index (χ3v) is 4.98. The summed E-state index contributed by atoms with van der Waals surface area (Å²) < 4.78 is 1.04. The quantitative estimate of drug-likeness (QED) is 0.732. The summed E-state index contributed by atoms with van der Waals surface area (Å²) in [7, 11) is 0. The molecule has 2 aromatic carbocycles. The zero-order chi connectivity index (χ0) is 17.5.